The van der Waals surface area contributed by atoms with Crippen molar-refractivity contribution in [2.24, 2.45) is 11.3 Å². The molecule has 0 aromatic rings. The summed E-state index contributed by atoms with van der Waals surface area (Å²) in [5, 5.41) is 3.25. The van der Waals surface area contributed by atoms with Gasteiger partial charge in [0.05, 0.1) is 13.2 Å². The zero-order valence-corrected chi connectivity index (χ0v) is 10.1. The second-order valence-electron chi connectivity index (χ2n) is 5.40. The van der Waals surface area contributed by atoms with Crippen molar-refractivity contribution in [2.75, 3.05) is 26.8 Å². The molecule has 0 atom stereocenters. The van der Waals surface area contributed by atoms with Crippen molar-refractivity contribution < 1.29 is 4.74 Å². The molecule has 1 saturated carbocycles. The first-order chi connectivity index (χ1) is 7.37. The molecule has 0 radical (unpaired) electrons. The zero-order valence-electron chi connectivity index (χ0n) is 10.1. The van der Waals surface area contributed by atoms with Gasteiger partial charge in [0.15, 0.2) is 0 Å². The Morgan fingerprint density at radius 3 is 2.47 bits per heavy atom. The van der Waals surface area contributed by atoms with Gasteiger partial charge in [0, 0.05) is 5.41 Å². The van der Waals surface area contributed by atoms with Gasteiger partial charge >= 0.3 is 0 Å². The molecule has 0 amide bonds. The van der Waals surface area contributed by atoms with Crippen LogP contribution in [0.25, 0.3) is 0 Å². The topological polar surface area (TPSA) is 21.3 Å². The minimum Gasteiger partial charge on any atom is -0.380 e. The van der Waals surface area contributed by atoms with Crippen LogP contribution in [0.2, 0.25) is 0 Å². The molecule has 1 aliphatic heterocycles. The predicted octanol–water partition coefficient (Wildman–Crippen LogP) is 2.58. The SMILES string of the molecule is CNCCCC1(C2CCCCC2)COC1. The summed E-state index contributed by atoms with van der Waals surface area (Å²) in [5.41, 5.74) is 0.581. The van der Waals surface area contributed by atoms with Gasteiger partial charge < -0.3 is 10.1 Å². The molecule has 2 rings (SSSR count). The predicted molar refractivity (Wildman–Crippen MR) is 63.0 cm³/mol. The van der Waals surface area contributed by atoms with Crippen LogP contribution >= 0.6 is 0 Å². The maximum atomic E-state index is 5.50. The number of hydrogen-bond acceptors (Lipinski definition) is 2. The lowest BCUT2D eigenvalue weighted by Gasteiger charge is -2.49. The highest BCUT2D eigenvalue weighted by Crippen LogP contribution is 2.46. The fraction of sp³-hybridized carbons (Fsp3) is 1.00. The van der Waals surface area contributed by atoms with Crippen molar-refractivity contribution in [3.8, 4) is 0 Å². The van der Waals surface area contributed by atoms with Gasteiger partial charge in [-0.05, 0) is 45.2 Å². The minimum absolute atomic E-state index is 0.581. The number of nitrogens with one attached hydrogen (secondary N) is 1. The van der Waals surface area contributed by atoms with Gasteiger partial charge in [-0.25, -0.2) is 0 Å². The Labute approximate surface area is 93.8 Å². The third-order valence-electron chi connectivity index (χ3n) is 4.35. The van der Waals surface area contributed by atoms with E-state index in [2.05, 4.69) is 5.32 Å². The standard InChI is InChI=1S/C13H25NO/c1-14-9-5-8-13(10-15-11-13)12-6-3-2-4-7-12/h12,14H,2-11H2,1H3. The Balaban J connectivity index is 1.83. The van der Waals surface area contributed by atoms with Crippen LogP contribution in [0.4, 0.5) is 0 Å². The van der Waals surface area contributed by atoms with Gasteiger partial charge in [-0.15, -0.1) is 0 Å². The summed E-state index contributed by atoms with van der Waals surface area (Å²) in [5.74, 6) is 0.969. The maximum Gasteiger partial charge on any atom is 0.0547 e. The van der Waals surface area contributed by atoms with E-state index >= 15 is 0 Å². The molecule has 1 N–H and O–H groups in total. The normalized spacial score (nSPS) is 26.2. The summed E-state index contributed by atoms with van der Waals surface area (Å²) >= 11 is 0. The van der Waals surface area contributed by atoms with E-state index in [0.717, 1.165) is 25.7 Å². The smallest absolute Gasteiger partial charge is 0.0547 e. The summed E-state index contributed by atoms with van der Waals surface area (Å²) in [7, 11) is 2.05. The molecular weight excluding hydrogens is 186 g/mol. The fourth-order valence-electron chi connectivity index (χ4n) is 3.28. The highest BCUT2D eigenvalue weighted by atomic mass is 16.5. The van der Waals surface area contributed by atoms with E-state index in [9.17, 15) is 0 Å². The molecule has 2 nitrogen and oxygen atoms in total. The van der Waals surface area contributed by atoms with Crippen LogP contribution in [0, 0.1) is 11.3 Å². The van der Waals surface area contributed by atoms with Crippen molar-refractivity contribution in [3.63, 3.8) is 0 Å². The Hall–Kier alpha value is -0.0800. The average molecular weight is 211 g/mol. The van der Waals surface area contributed by atoms with Gasteiger partial charge in [0.1, 0.15) is 0 Å². The van der Waals surface area contributed by atoms with Crippen LogP contribution in [-0.4, -0.2) is 26.8 Å². The largest absolute Gasteiger partial charge is 0.380 e. The van der Waals surface area contributed by atoms with Crippen molar-refractivity contribution in [1.29, 1.82) is 0 Å². The van der Waals surface area contributed by atoms with Gasteiger partial charge in [0.2, 0.25) is 0 Å². The second kappa shape index (κ2) is 5.31. The fourth-order valence-corrected chi connectivity index (χ4v) is 3.28. The van der Waals surface area contributed by atoms with E-state index in [1.165, 1.54) is 44.9 Å². The first-order valence-electron chi connectivity index (χ1n) is 6.60. The lowest BCUT2D eigenvalue weighted by molar-refractivity contribution is -0.157. The monoisotopic (exact) mass is 211 g/mol. The average Bonchev–Trinajstić information content (AvgIpc) is 2.23. The van der Waals surface area contributed by atoms with E-state index in [1.54, 1.807) is 0 Å². The van der Waals surface area contributed by atoms with E-state index in [-0.39, 0.29) is 0 Å². The van der Waals surface area contributed by atoms with E-state index in [1.807, 2.05) is 7.05 Å². The molecule has 0 aromatic heterocycles. The van der Waals surface area contributed by atoms with E-state index < -0.39 is 0 Å². The molecule has 88 valence electrons. The molecule has 1 aliphatic carbocycles. The molecular formula is C13H25NO. The third kappa shape index (κ3) is 2.54. The summed E-state index contributed by atoms with van der Waals surface area (Å²) in [6.07, 6.45) is 9.99. The molecule has 0 unspecified atom stereocenters. The Morgan fingerprint density at radius 2 is 1.93 bits per heavy atom. The highest BCUT2D eigenvalue weighted by Gasteiger charge is 2.44. The summed E-state index contributed by atoms with van der Waals surface area (Å²) in [6.45, 7) is 3.25. The maximum absolute atomic E-state index is 5.50. The Kier molecular flexibility index (Phi) is 4.04. The van der Waals surface area contributed by atoms with Crippen LogP contribution in [0.5, 0.6) is 0 Å². The molecule has 0 spiro atoms. The molecule has 2 heteroatoms. The van der Waals surface area contributed by atoms with Crippen molar-refractivity contribution in [3.05, 3.63) is 0 Å². The highest BCUT2D eigenvalue weighted by molar-refractivity contribution is 4.93. The van der Waals surface area contributed by atoms with Crippen molar-refractivity contribution in [2.45, 2.75) is 44.9 Å². The molecule has 1 heterocycles. The molecule has 15 heavy (non-hydrogen) atoms. The molecule has 2 fully saturated rings. The second-order valence-corrected chi connectivity index (χ2v) is 5.40. The first kappa shape index (κ1) is 11.4. The number of hydrogen-bond donors (Lipinski definition) is 1. The van der Waals surface area contributed by atoms with Gasteiger partial charge in [0.25, 0.3) is 0 Å². The van der Waals surface area contributed by atoms with E-state index in [0.29, 0.717) is 5.41 Å². The molecule has 2 aliphatic rings. The summed E-state index contributed by atoms with van der Waals surface area (Å²) < 4.78 is 5.50. The first-order valence-corrected chi connectivity index (χ1v) is 6.60. The van der Waals surface area contributed by atoms with Crippen LogP contribution in [-0.2, 0) is 4.74 Å². The molecule has 1 saturated heterocycles. The number of ether oxygens (including phenoxy) is 1. The Morgan fingerprint density at radius 1 is 1.20 bits per heavy atom. The van der Waals surface area contributed by atoms with E-state index in [4.69, 9.17) is 4.74 Å². The van der Waals surface area contributed by atoms with Gasteiger partial charge in [-0.2, -0.15) is 0 Å². The van der Waals surface area contributed by atoms with Crippen LogP contribution in [0.1, 0.15) is 44.9 Å². The van der Waals surface area contributed by atoms with Crippen LogP contribution in [0.3, 0.4) is 0 Å². The minimum atomic E-state index is 0.581. The van der Waals surface area contributed by atoms with Crippen molar-refractivity contribution in [1.82, 2.24) is 5.32 Å². The lowest BCUT2D eigenvalue weighted by atomic mass is 9.65. The van der Waals surface area contributed by atoms with Crippen LogP contribution in [0.15, 0.2) is 0 Å². The summed E-state index contributed by atoms with van der Waals surface area (Å²) in [4.78, 5) is 0. The molecule has 0 aromatic carbocycles. The molecule has 0 bridgehead atoms. The van der Waals surface area contributed by atoms with Gasteiger partial charge in [-0.1, -0.05) is 19.3 Å². The van der Waals surface area contributed by atoms with Gasteiger partial charge in [-0.3, -0.25) is 0 Å². The lowest BCUT2D eigenvalue weighted by Crippen LogP contribution is -2.49. The number of rotatable bonds is 5. The summed E-state index contributed by atoms with van der Waals surface area (Å²) in [6, 6.07) is 0. The Bertz CT molecular complexity index is 183. The van der Waals surface area contributed by atoms with Crippen molar-refractivity contribution >= 4 is 0 Å². The third-order valence-corrected chi connectivity index (χ3v) is 4.35. The van der Waals surface area contributed by atoms with Crippen LogP contribution < -0.4 is 5.32 Å². The zero-order chi connectivity index (χ0) is 10.6. The quantitative estimate of drug-likeness (QED) is 0.706.